The molecule has 6 heteroatoms. The fourth-order valence-corrected chi connectivity index (χ4v) is 3.03. The number of pyridine rings is 2. The van der Waals surface area contributed by atoms with E-state index in [9.17, 15) is 19.8 Å². The maximum atomic E-state index is 10.9. The zero-order chi connectivity index (χ0) is 21.1. The van der Waals surface area contributed by atoms with Gasteiger partial charge in [-0.05, 0) is 34.4 Å². The van der Waals surface area contributed by atoms with Gasteiger partial charge in [0.05, 0.1) is 23.3 Å². The minimum atomic E-state index is -1.21. The molecule has 0 spiro atoms. The summed E-state index contributed by atoms with van der Waals surface area (Å²) in [5.41, 5.74) is 5.06. The Bertz CT molecular complexity index is 1100. The molecule has 30 heavy (non-hydrogen) atoms. The third-order valence-corrected chi connectivity index (χ3v) is 4.70. The van der Waals surface area contributed by atoms with Crippen molar-refractivity contribution in [2.24, 2.45) is 0 Å². The first-order valence-electron chi connectivity index (χ1n) is 9.07. The minimum absolute atomic E-state index is 0.127. The van der Waals surface area contributed by atoms with Crippen molar-refractivity contribution in [3.05, 3.63) is 96.3 Å². The summed E-state index contributed by atoms with van der Waals surface area (Å²) in [6.45, 7) is 0. The summed E-state index contributed by atoms with van der Waals surface area (Å²) in [6.07, 6.45) is 3.41. The lowest BCUT2D eigenvalue weighted by molar-refractivity contribution is -0.256. The molecule has 0 unspecified atom stereocenters. The molecule has 0 aliphatic carbocycles. The summed E-state index contributed by atoms with van der Waals surface area (Å²) < 4.78 is 0. The molecule has 6 nitrogen and oxygen atoms in total. The summed E-state index contributed by atoms with van der Waals surface area (Å²) in [4.78, 5) is 30.6. The zero-order valence-electron chi connectivity index (χ0n) is 15.6. The van der Waals surface area contributed by atoms with Crippen LogP contribution in [0.2, 0.25) is 0 Å². The topological polar surface area (TPSA) is 106 Å². The van der Waals surface area contributed by atoms with Gasteiger partial charge in [-0.25, -0.2) is 0 Å². The van der Waals surface area contributed by atoms with Crippen molar-refractivity contribution >= 4 is 11.9 Å². The Morgan fingerprint density at radius 1 is 0.500 bits per heavy atom. The van der Waals surface area contributed by atoms with Gasteiger partial charge in [0.25, 0.3) is 0 Å². The highest BCUT2D eigenvalue weighted by Crippen LogP contribution is 2.24. The van der Waals surface area contributed by atoms with Gasteiger partial charge in [-0.3, -0.25) is 9.97 Å². The largest absolute Gasteiger partial charge is 0.545 e. The predicted molar refractivity (Wildman–Crippen MR) is 107 cm³/mol. The van der Waals surface area contributed by atoms with E-state index in [1.165, 1.54) is 24.3 Å². The number of benzene rings is 2. The van der Waals surface area contributed by atoms with Crippen molar-refractivity contribution in [1.29, 1.82) is 0 Å². The van der Waals surface area contributed by atoms with Gasteiger partial charge >= 0.3 is 0 Å². The highest BCUT2D eigenvalue weighted by molar-refractivity contribution is 5.87. The number of carboxylic acids is 2. The van der Waals surface area contributed by atoms with Gasteiger partial charge in [0.2, 0.25) is 0 Å². The number of hydrogen-bond acceptors (Lipinski definition) is 6. The molecule has 4 rings (SSSR count). The summed E-state index contributed by atoms with van der Waals surface area (Å²) in [7, 11) is 0. The van der Waals surface area contributed by atoms with E-state index in [-0.39, 0.29) is 11.1 Å². The minimum Gasteiger partial charge on any atom is -0.545 e. The summed E-state index contributed by atoms with van der Waals surface area (Å²) in [5, 5.41) is 21.7. The van der Waals surface area contributed by atoms with Gasteiger partial charge in [-0.1, -0.05) is 60.7 Å². The second kappa shape index (κ2) is 7.97. The molecule has 2 aromatic heterocycles. The van der Waals surface area contributed by atoms with E-state index in [0.29, 0.717) is 11.4 Å². The van der Waals surface area contributed by atoms with E-state index in [1.54, 1.807) is 36.7 Å². The highest BCUT2D eigenvalue weighted by Gasteiger charge is 2.05. The van der Waals surface area contributed by atoms with Crippen LogP contribution in [0.3, 0.4) is 0 Å². The van der Waals surface area contributed by atoms with E-state index < -0.39 is 11.9 Å². The van der Waals surface area contributed by atoms with Crippen LogP contribution in [0.15, 0.2) is 85.2 Å². The number of carbonyl (C=O) groups is 2. The number of aromatic carboxylic acids is 2. The number of aromatic nitrogens is 2. The van der Waals surface area contributed by atoms with Crippen molar-refractivity contribution < 1.29 is 19.8 Å². The quantitative estimate of drug-likeness (QED) is 0.514. The Kier molecular flexibility index (Phi) is 5.05. The van der Waals surface area contributed by atoms with Crippen LogP contribution in [0.1, 0.15) is 20.7 Å². The van der Waals surface area contributed by atoms with Crippen molar-refractivity contribution in [3.63, 3.8) is 0 Å². The molecule has 0 fully saturated rings. The Morgan fingerprint density at radius 3 is 1.10 bits per heavy atom. The Balaban J connectivity index is 1.53. The van der Waals surface area contributed by atoms with Gasteiger partial charge in [0, 0.05) is 23.5 Å². The fourth-order valence-electron chi connectivity index (χ4n) is 3.03. The molecule has 146 valence electrons. The molecule has 0 saturated carbocycles. The van der Waals surface area contributed by atoms with E-state index in [4.69, 9.17) is 0 Å². The van der Waals surface area contributed by atoms with Gasteiger partial charge in [-0.2, -0.15) is 0 Å². The van der Waals surface area contributed by atoms with Crippen LogP contribution in [-0.4, -0.2) is 21.9 Å². The molecule has 0 atom stereocenters. The average Bonchev–Trinajstić information content (AvgIpc) is 2.79. The fraction of sp³-hybridized carbons (Fsp3) is 0. The number of rotatable bonds is 5. The number of carboxylic acid groups (broad SMARTS) is 2. The zero-order valence-corrected chi connectivity index (χ0v) is 15.6. The van der Waals surface area contributed by atoms with Gasteiger partial charge < -0.3 is 19.8 Å². The first-order chi connectivity index (χ1) is 14.5. The molecule has 4 aromatic rings. The normalized spacial score (nSPS) is 10.5. The molecule has 0 bridgehead atoms. The number of nitrogens with zero attached hydrogens (tertiary/aromatic N) is 2. The Morgan fingerprint density at radius 2 is 0.833 bits per heavy atom. The van der Waals surface area contributed by atoms with Crippen LogP contribution >= 0.6 is 0 Å². The van der Waals surface area contributed by atoms with E-state index >= 15 is 0 Å². The molecule has 0 amide bonds. The van der Waals surface area contributed by atoms with Crippen LogP contribution in [0.4, 0.5) is 0 Å². The molecule has 0 aliphatic heterocycles. The summed E-state index contributed by atoms with van der Waals surface area (Å²) in [5.74, 6) is -2.42. The maximum absolute atomic E-state index is 10.9. The van der Waals surface area contributed by atoms with E-state index in [1.807, 2.05) is 24.3 Å². The molecular weight excluding hydrogens is 380 g/mol. The summed E-state index contributed by atoms with van der Waals surface area (Å²) >= 11 is 0. The molecule has 0 aliphatic rings. The molecule has 2 heterocycles. The van der Waals surface area contributed by atoms with Gasteiger partial charge in [0.1, 0.15) is 0 Å². The monoisotopic (exact) mass is 394 g/mol. The van der Waals surface area contributed by atoms with Crippen LogP contribution < -0.4 is 10.2 Å². The summed E-state index contributed by atoms with van der Waals surface area (Å²) in [6, 6.07) is 20.3. The molecular formula is C24H14N2O4-2. The van der Waals surface area contributed by atoms with Gasteiger partial charge in [0.15, 0.2) is 0 Å². The third kappa shape index (κ3) is 3.93. The van der Waals surface area contributed by atoms with E-state index in [0.717, 1.165) is 22.3 Å². The lowest BCUT2D eigenvalue weighted by Crippen LogP contribution is -2.21. The predicted octanol–water partition coefficient (Wildman–Crippen LogP) is 2.20. The first kappa shape index (κ1) is 19.0. The Hall–Kier alpha value is -4.32. The molecule has 0 saturated heterocycles. The van der Waals surface area contributed by atoms with Crippen molar-refractivity contribution in [3.8, 4) is 33.6 Å². The lowest BCUT2D eigenvalue weighted by atomic mass is 10.0. The third-order valence-electron chi connectivity index (χ3n) is 4.70. The Labute approximate surface area is 172 Å². The first-order valence-corrected chi connectivity index (χ1v) is 9.07. The van der Waals surface area contributed by atoms with E-state index in [2.05, 4.69) is 9.97 Å². The number of hydrogen-bond donors (Lipinski definition) is 0. The highest BCUT2D eigenvalue weighted by atomic mass is 16.4. The van der Waals surface area contributed by atoms with Crippen LogP contribution in [0.25, 0.3) is 33.6 Å². The van der Waals surface area contributed by atoms with Crippen LogP contribution in [0, 0.1) is 0 Å². The van der Waals surface area contributed by atoms with Crippen molar-refractivity contribution in [2.45, 2.75) is 0 Å². The maximum Gasteiger partial charge on any atom is 0.0886 e. The second-order valence-electron chi connectivity index (χ2n) is 6.59. The van der Waals surface area contributed by atoms with Crippen molar-refractivity contribution in [2.75, 3.05) is 0 Å². The van der Waals surface area contributed by atoms with Crippen LogP contribution in [-0.2, 0) is 0 Å². The van der Waals surface area contributed by atoms with Crippen LogP contribution in [0.5, 0.6) is 0 Å². The van der Waals surface area contributed by atoms with Crippen molar-refractivity contribution in [1.82, 2.24) is 9.97 Å². The SMILES string of the molecule is O=C([O-])c1ccc(-c2ccc(-c3ccc(-c4ccc(C(=O)[O-])cc4)cn3)nc2)cc1. The lowest BCUT2D eigenvalue weighted by Gasteiger charge is -2.07. The second-order valence-corrected chi connectivity index (χ2v) is 6.59. The average molecular weight is 394 g/mol. The molecule has 0 radical (unpaired) electrons. The van der Waals surface area contributed by atoms with Gasteiger partial charge in [-0.15, -0.1) is 0 Å². The molecule has 2 aromatic carbocycles. The number of carbonyl (C=O) groups excluding carboxylic acids is 2. The molecule has 0 N–H and O–H groups in total. The standard InChI is InChI=1S/C24H16N2O4/c27-23(28)17-5-1-15(2-6-17)19-9-11-21(25-13-19)22-12-10-20(14-26-22)16-3-7-18(8-4-16)24(29)30/h1-14H,(H,27,28)(H,29,30)/p-2. The smallest absolute Gasteiger partial charge is 0.0886 e.